The van der Waals surface area contributed by atoms with E-state index in [0.29, 0.717) is 6.54 Å². The van der Waals surface area contributed by atoms with Gasteiger partial charge in [0.2, 0.25) is 0 Å². The lowest BCUT2D eigenvalue weighted by molar-refractivity contribution is 0.105. The first kappa shape index (κ1) is 11.4. The van der Waals surface area contributed by atoms with E-state index in [1.165, 1.54) is 0 Å². The number of benzene rings is 1. The van der Waals surface area contributed by atoms with Crippen LogP contribution >= 0.6 is 0 Å². The van der Waals surface area contributed by atoms with Crippen molar-refractivity contribution in [1.82, 2.24) is 10.2 Å². The summed E-state index contributed by atoms with van der Waals surface area (Å²) in [5.41, 5.74) is 7.28. The molecular weight excluding hydrogens is 202 g/mol. The predicted molar refractivity (Wildman–Crippen MR) is 65.1 cm³/mol. The first-order valence-corrected chi connectivity index (χ1v) is 5.72. The van der Waals surface area contributed by atoms with Crippen molar-refractivity contribution in [3.63, 3.8) is 0 Å². The maximum Gasteiger partial charge on any atom is 0.0916 e. The number of anilines is 1. The van der Waals surface area contributed by atoms with Crippen LogP contribution in [-0.2, 0) is 0 Å². The van der Waals surface area contributed by atoms with E-state index >= 15 is 0 Å². The maximum absolute atomic E-state index is 10.1. The van der Waals surface area contributed by atoms with Crippen LogP contribution in [0.15, 0.2) is 24.3 Å². The van der Waals surface area contributed by atoms with Crippen LogP contribution in [0.1, 0.15) is 11.7 Å². The minimum Gasteiger partial charge on any atom is -0.399 e. The summed E-state index contributed by atoms with van der Waals surface area (Å²) in [6.45, 7) is 4.73. The summed E-state index contributed by atoms with van der Waals surface area (Å²) < 4.78 is 0. The Bertz CT molecular complexity index is 320. The lowest BCUT2D eigenvalue weighted by Gasteiger charge is -2.29. The Labute approximate surface area is 96.1 Å². The molecule has 4 nitrogen and oxygen atoms in total. The van der Waals surface area contributed by atoms with Gasteiger partial charge in [-0.2, -0.15) is 0 Å². The second-order valence-corrected chi connectivity index (χ2v) is 4.23. The Morgan fingerprint density at radius 1 is 1.25 bits per heavy atom. The maximum atomic E-state index is 10.1. The zero-order valence-electron chi connectivity index (χ0n) is 9.39. The van der Waals surface area contributed by atoms with Gasteiger partial charge < -0.3 is 16.2 Å². The van der Waals surface area contributed by atoms with Gasteiger partial charge in [0.05, 0.1) is 6.10 Å². The number of aliphatic hydroxyl groups excluding tert-OH is 1. The van der Waals surface area contributed by atoms with Crippen molar-refractivity contribution in [3.05, 3.63) is 29.8 Å². The standard InChI is InChI=1S/C12H19N3O/c13-11-3-1-10(2-4-11)12(16)9-15-7-5-14-6-8-15/h1-4,12,14,16H,5-9,13H2. The number of nitrogens with two attached hydrogens (primary N) is 1. The highest BCUT2D eigenvalue weighted by atomic mass is 16.3. The number of aliphatic hydroxyl groups is 1. The molecule has 1 fully saturated rings. The molecule has 1 heterocycles. The normalized spacial score (nSPS) is 19.6. The minimum absolute atomic E-state index is 0.418. The molecule has 1 aromatic rings. The van der Waals surface area contributed by atoms with Crippen molar-refractivity contribution < 1.29 is 5.11 Å². The summed E-state index contributed by atoms with van der Waals surface area (Å²) in [5, 5.41) is 13.4. The number of β-amino-alcohol motifs (C(OH)–C–C–N with tert-alkyl or cyclic N) is 1. The fraction of sp³-hybridized carbons (Fsp3) is 0.500. The van der Waals surface area contributed by atoms with Gasteiger partial charge in [-0.3, -0.25) is 4.90 Å². The molecule has 88 valence electrons. The van der Waals surface area contributed by atoms with Crippen LogP contribution in [0.3, 0.4) is 0 Å². The molecular formula is C12H19N3O. The van der Waals surface area contributed by atoms with Gasteiger partial charge in [0.1, 0.15) is 0 Å². The van der Waals surface area contributed by atoms with Gasteiger partial charge in [-0.15, -0.1) is 0 Å². The summed E-state index contributed by atoms with van der Waals surface area (Å²) in [6.07, 6.45) is -0.418. The molecule has 0 aromatic heterocycles. The zero-order valence-corrected chi connectivity index (χ0v) is 9.39. The molecule has 1 atom stereocenters. The van der Waals surface area contributed by atoms with Crippen molar-refractivity contribution >= 4 is 5.69 Å². The van der Waals surface area contributed by atoms with E-state index < -0.39 is 6.10 Å². The first-order chi connectivity index (χ1) is 7.75. The van der Waals surface area contributed by atoms with E-state index in [1.54, 1.807) is 0 Å². The fourth-order valence-electron chi connectivity index (χ4n) is 1.96. The molecule has 2 rings (SSSR count). The molecule has 1 saturated heterocycles. The minimum atomic E-state index is -0.418. The molecule has 16 heavy (non-hydrogen) atoms. The van der Waals surface area contributed by atoms with Crippen molar-refractivity contribution in [2.75, 3.05) is 38.5 Å². The molecule has 1 aromatic carbocycles. The average Bonchev–Trinajstić information content (AvgIpc) is 2.31. The molecule has 4 heteroatoms. The Morgan fingerprint density at radius 3 is 2.50 bits per heavy atom. The van der Waals surface area contributed by atoms with Crippen LogP contribution in [0.5, 0.6) is 0 Å². The van der Waals surface area contributed by atoms with Crippen molar-refractivity contribution in [3.8, 4) is 0 Å². The number of nitrogen functional groups attached to an aromatic ring is 1. The molecule has 0 amide bonds. The van der Waals surface area contributed by atoms with Crippen LogP contribution in [0.25, 0.3) is 0 Å². The highest BCUT2D eigenvalue weighted by molar-refractivity contribution is 5.39. The Morgan fingerprint density at radius 2 is 1.88 bits per heavy atom. The van der Waals surface area contributed by atoms with Crippen LogP contribution in [0.4, 0.5) is 5.69 Å². The van der Waals surface area contributed by atoms with E-state index in [0.717, 1.165) is 37.4 Å². The molecule has 1 aliphatic heterocycles. The lowest BCUT2D eigenvalue weighted by Crippen LogP contribution is -2.44. The van der Waals surface area contributed by atoms with Gasteiger partial charge in [0.15, 0.2) is 0 Å². The number of piperazine rings is 1. The highest BCUT2D eigenvalue weighted by Gasteiger charge is 2.15. The van der Waals surface area contributed by atoms with Gasteiger partial charge in [-0.05, 0) is 17.7 Å². The van der Waals surface area contributed by atoms with Crippen molar-refractivity contribution in [2.45, 2.75) is 6.10 Å². The molecule has 1 unspecified atom stereocenters. The molecule has 4 N–H and O–H groups in total. The number of hydrogen-bond donors (Lipinski definition) is 3. The third-order valence-electron chi connectivity index (χ3n) is 2.96. The van der Waals surface area contributed by atoms with Gasteiger partial charge >= 0.3 is 0 Å². The topological polar surface area (TPSA) is 61.5 Å². The average molecular weight is 221 g/mol. The van der Waals surface area contributed by atoms with Gasteiger partial charge in [-0.1, -0.05) is 12.1 Å². The second-order valence-electron chi connectivity index (χ2n) is 4.23. The molecule has 1 aliphatic rings. The number of rotatable bonds is 3. The van der Waals surface area contributed by atoms with Gasteiger partial charge in [-0.25, -0.2) is 0 Å². The van der Waals surface area contributed by atoms with E-state index in [-0.39, 0.29) is 0 Å². The largest absolute Gasteiger partial charge is 0.399 e. The summed E-state index contributed by atoms with van der Waals surface area (Å²) in [4.78, 5) is 2.28. The SMILES string of the molecule is Nc1ccc(C(O)CN2CCNCC2)cc1. The van der Waals surface area contributed by atoms with Crippen LogP contribution in [0.2, 0.25) is 0 Å². The highest BCUT2D eigenvalue weighted by Crippen LogP contribution is 2.16. The third-order valence-corrected chi connectivity index (χ3v) is 2.96. The van der Waals surface area contributed by atoms with E-state index in [4.69, 9.17) is 5.73 Å². The van der Waals surface area contributed by atoms with Crippen molar-refractivity contribution in [1.29, 1.82) is 0 Å². The Kier molecular flexibility index (Phi) is 3.77. The summed E-state index contributed by atoms with van der Waals surface area (Å²) in [5.74, 6) is 0. The number of hydrogen-bond acceptors (Lipinski definition) is 4. The van der Waals surface area contributed by atoms with Crippen LogP contribution in [-0.4, -0.2) is 42.7 Å². The second kappa shape index (κ2) is 5.30. The van der Waals surface area contributed by atoms with Crippen LogP contribution < -0.4 is 11.1 Å². The van der Waals surface area contributed by atoms with Gasteiger partial charge in [0, 0.05) is 38.4 Å². The van der Waals surface area contributed by atoms with Crippen LogP contribution in [0, 0.1) is 0 Å². The summed E-state index contributed by atoms with van der Waals surface area (Å²) >= 11 is 0. The summed E-state index contributed by atoms with van der Waals surface area (Å²) in [6, 6.07) is 7.44. The monoisotopic (exact) mass is 221 g/mol. The first-order valence-electron chi connectivity index (χ1n) is 5.72. The number of nitrogens with zero attached hydrogens (tertiary/aromatic N) is 1. The Balaban J connectivity index is 1.91. The number of nitrogens with one attached hydrogen (secondary N) is 1. The lowest BCUT2D eigenvalue weighted by atomic mass is 10.1. The van der Waals surface area contributed by atoms with Crippen molar-refractivity contribution in [2.24, 2.45) is 0 Å². The quantitative estimate of drug-likeness (QED) is 0.638. The molecule has 0 saturated carbocycles. The zero-order chi connectivity index (χ0) is 11.4. The molecule has 0 spiro atoms. The molecule has 0 aliphatic carbocycles. The van der Waals surface area contributed by atoms with Gasteiger partial charge in [0.25, 0.3) is 0 Å². The molecule has 0 bridgehead atoms. The third kappa shape index (κ3) is 2.95. The molecule has 0 radical (unpaired) electrons. The predicted octanol–water partition coefficient (Wildman–Crippen LogP) is 0.207. The Hall–Kier alpha value is -1.10. The van der Waals surface area contributed by atoms with E-state index in [2.05, 4.69) is 10.2 Å². The van der Waals surface area contributed by atoms with E-state index in [1.807, 2.05) is 24.3 Å². The summed E-state index contributed by atoms with van der Waals surface area (Å²) in [7, 11) is 0. The smallest absolute Gasteiger partial charge is 0.0916 e. The van der Waals surface area contributed by atoms with E-state index in [9.17, 15) is 5.11 Å². The fourth-order valence-corrected chi connectivity index (χ4v) is 1.96.